The quantitative estimate of drug-likeness (QED) is 0.888. The van der Waals surface area contributed by atoms with Crippen molar-refractivity contribution < 1.29 is 14.6 Å². The molecule has 2 aliphatic rings. The van der Waals surface area contributed by atoms with Crippen LogP contribution >= 0.6 is 0 Å². The second-order valence-corrected chi connectivity index (χ2v) is 7.29. The second-order valence-electron chi connectivity index (χ2n) is 7.29. The predicted octanol–water partition coefficient (Wildman–Crippen LogP) is 2.80. The van der Waals surface area contributed by atoms with Crippen LogP contribution in [0.3, 0.4) is 0 Å². The van der Waals surface area contributed by atoms with Gasteiger partial charge in [-0.1, -0.05) is 36.4 Å². The molecule has 2 aliphatic heterocycles. The number of piperazine rings is 1. The molecule has 0 bridgehead atoms. The van der Waals surface area contributed by atoms with E-state index in [1.807, 2.05) is 46.2 Å². The Hall–Kier alpha value is -2.41. The van der Waals surface area contributed by atoms with E-state index in [1.165, 1.54) is 0 Å². The van der Waals surface area contributed by atoms with Crippen LogP contribution in [-0.4, -0.2) is 67.4 Å². The fraction of sp³-hybridized carbons (Fsp3) is 0.409. The van der Waals surface area contributed by atoms with E-state index in [9.17, 15) is 4.79 Å². The maximum absolute atomic E-state index is 13.6. The molecule has 1 atom stereocenters. The van der Waals surface area contributed by atoms with Crippen LogP contribution in [-0.2, 0) is 11.2 Å². The summed E-state index contributed by atoms with van der Waals surface area (Å²) in [5.41, 5.74) is 3.96. The first-order valence-corrected chi connectivity index (χ1v) is 9.85. The molecule has 1 fully saturated rings. The van der Waals surface area contributed by atoms with Crippen molar-refractivity contribution in [2.45, 2.75) is 12.5 Å². The van der Waals surface area contributed by atoms with Crippen molar-refractivity contribution in [3.63, 3.8) is 0 Å². The zero-order valence-electron chi connectivity index (χ0n) is 16.3. The lowest BCUT2D eigenvalue weighted by Crippen LogP contribution is -2.52. The topological polar surface area (TPSA) is 56.2 Å². The molecule has 148 valence electrons. The minimum Gasteiger partial charge on any atom is -0.395 e. The van der Waals surface area contributed by atoms with Gasteiger partial charge < -0.3 is 14.7 Å². The number of hydrogen-bond acceptors (Lipinski definition) is 4. The summed E-state index contributed by atoms with van der Waals surface area (Å²) in [7, 11) is 1.72. The summed E-state index contributed by atoms with van der Waals surface area (Å²) in [5.74, 6) is 0. The van der Waals surface area contributed by atoms with E-state index < -0.39 is 0 Å². The minimum atomic E-state index is -0.0865. The highest BCUT2D eigenvalue weighted by molar-refractivity contribution is 6.01. The van der Waals surface area contributed by atoms with Crippen molar-refractivity contribution in [2.75, 3.05) is 51.3 Å². The fourth-order valence-electron chi connectivity index (χ4n) is 4.17. The van der Waals surface area contributed by atoms with Crippen LogP contribution in [0, 0.1) is 0 Å². The largest absolute Gasteiger partial charge is 0.395 e. The lowest BCUT2D eigenvalue weighted by atomic mass is 10.0. The highest BCUT2D eigenvalue weighted by Crippen LogP contribution is 2.41. The van der Waals surface area contributed by atoms with Crippen molar-refractivity contribution in [3.8, 4) is 0 Å². The van der Waals surface area contributed by atoms with Crippen molar-refractivity contribution in [1.29, 1.82) is 0 Å². The van der Waals surface area contributed by atoms with Gasteiger partial charge in [0.2, 0.25) is 0 Å². The predicted molar refractivity (Wildman–Crippen MR) is 109 cm³/mol. The normalized spacial score (nSPS) is 19.7. The van der Waals surface area contributed by atoms with Crippen LogP contribution < -0.4 is 4.90 Å². The smallest absolute Gasteiger partial charge is 0.329 e. The molecule has 28 heavy (non-hydrogen) atoms. The first kappa shape index (κ1) is 18.9. The average molecular weight is 381 g/mol. The third-order valence-corrected chi connectivity index (χ3v) is 5.70. The Morgan fingerprint density at radius 1 is 1.04 bits per heavy atom. The van der Waals surface area contributed by atoms with Gasteiger partial charge in [-0.2, -0.15) is 0 Å². The SMILES string of the molecule is CO[C@@H]1Cc2ccccc2N(C(=O)N2CCN(CCO)CC2)c2ccccc21. The number of β-amino-alcohol motifs (C(OH)–C–C–N with tert-alkyl or cyclic N) is 1. The van der Waals surface area contributed by atoms with Crippen molar-refractivity contribution in [1.82, 2.24) is 9.80 Å². The zero-order valence-corrected chi connectivity index (χ0v) is 16.3. The third-order valence-electron chi connectivity index (χ3n) is 5.70. The lowest BCUT2D eigenvalue weighted by Gasteiger charge is -2.37. The number of benzene rings is 2. The van der Waals surface area contributed by atoms with Gasteiger partial charge in [0, 0.05) is 51.8 Å². The number of hydrogen-bond donors (Lipinski definition) is 1. The summed E-state index contributed by atoms with van der Waals surface area (Å²) in [4.78, 5) is 19.6. The van der Waals surface area contributed by atoms with Crippen LogP contribution in [0.5, 0.6) is 0 Å². The molecule has 4 rings (SSSR count). The van der Waals surface area contributed by atoms with Crippen molar-refractivity contribution in [2.24, 2.45) is 0 Å². The van der Waals surface area contributed by atoms with Gasteiger partial charge in [0.05, 0.1) is 24.1 Å². The molecule has 0 unspecified atom stereocenters. The number of urea groups is 1. The Labute approximate surface area is 165 Å². The second kappa shape index (κ2) is 8.31. The Kier molecular flexibility index (Phi) is 5.62. The van der Waals surface area contributed by atoms with Gasteiger partial charge in [-0.3, -0.25) is 9.80 Å². The number of carbonyl (C=O) groups excluding carboxylic acids is 1. The molecule has 0 saturated carbocycles. The van der Waals surface area contributed by atoms with Gasteiger partial charge in [0.15, 0.2) is 0 Å². The first-order valence-electron chi connectivity index (χ1n) is 9.85. The molecular formula is C22H27N3O3. The van der Waals surface area contributed by atoms with E-state index >= 15 is 0 Å². The average Bonchev–Trinajstić information content (AvgIpc) is 2.88. The minimum absolute atomic E-state index is 0.000279. The Morgan fingerprint density at radius 3 is 2.43 bits per heavy atom. The van der Waals surface area contributed by atoms with Gasteiger partial charge in [-0.15, -0.1) is 0 Å². The number of amides is 2. The lowest BCUT2D eigenvalue weighted by molar-refractivity contribution is 0.105. The molecule has 6 heteroatoms. The molecule has 0 aliphatic carbocycles. The molecule has 2 amide bonds. The number of aliphatic hydroxyl groups is 1. The molecule has 1 saturated heterocycles. The van der Waals surface area contributed by atoms with E-state index in [4.69, 9.17) is 9.84 Å². The molecule has 2 aromatic carbocycles. The van der Waals surface area contributed by atoms with Crippen LogP contribution in [0.4, 0.5) is 16.2 Å². The molecule has 0 spiro atoms. The molecule has 6 nitrogen and oxygen atoms in total. The van der Waals surface area contributed by atoms with Crippen LogP contribution in [0.1, 0.15) is 17.2 Å². The summed E-state index contributed by atoms with van der Waals surface area (Å²) in [5, 5.41) is 9.15. The van der Waals surface area contributed by atoms with Crippen molar-refractivity contribution in [3.05, 3.63) is 59.7 Å². The van der Waals surface area contributed by atoms with Crippen LogP contribution in [0.25, 0.3) is 0 Å². The fourth-order valence-corrected chi connectivity index (χ4v) is 4.17. The van der Waals surface area contributed by atoms with E-state index in [-0.39, 0.29) is 18.7 Å². The zero-order chi connectivity index (χ0) is 19.5. The number of carbonyl (C=O) groups is 1. The third kappa shape index (κ3) is 3.51. The number of rotatable bonds is 3. The molecule has 0 radical (unpaired) electrons. The molecule has 1 N–H and O–H groups in total. The maximum Gasteiger partial charge on any atom is 0.329 e. The number of nitrogens with zero attached hydrogens (tertiary/aromatic N) is 3. The summed E-state index contributed by atoms with van der Waals surface area (Å²) < 4.78 is 5.79. The molecule has 2 aromatic rings. The number of ether oxygens (including phenoxy) is 1. The summed E-state index contributed by atoms with van der Waals surface area (Å²) in [6.07, 6.45) is 0.647. The molecule has 2 heterocycles. The number of methoxy groups -OCH3 is 1. The molecule has 0 aromatic heterocycles. The van der Waals surface area contributed by atoms with E-state index in [1.54, 1.807) is 7.11 Å². The molecular weight excluding hydrogens is 354 g/mol. The number of anilines is 2. The number of aliphatic hydroxyl groups excluding tert-OH is 1. The van der Waals surface area contributed by atoms with E-state index in [0.29, 0.717) is 19.6 Å². The standard InChI is InChI=1S/C22H27N3O3/c1-28-21-16-17-6-2-4-8-19(17)25(20-9-5-3-7-18(20)21)22(27)24-12-10-23(11-13-24)14-15-26/h2-9,21,26H,10-16H2,1H3/t21-/m1/s1. The van der Waals surface area contributed by atoms with Gasteiger partial charge >= 0.3 is 6.03 Å². The van der Waals surface area contributed by atoms with Crippen LogP contribution in [0.2, 0.25) is 0 Å². The summed E-state index contributed by atoms with van der Waals surface area (Å²) in [6.45, 7) is 3.70. The van der Waals surface area contributed by atoms with Gasteiger partial charge in [-0.05, 0) is 17.7 Å². The van der Waals surface area contributed by atoms with Gasteiger partial charge in [-0.25, -0.2) is 4.79 Å². The van der Waals surface area contributed by atoms with Gasteiger partial charge in [0.1, 0.15) is 0 Å². The monoisotopic (exact) mass is 381 g/mol. The van der Waals surface area contributed by atoms with Crippen LogP contribution in [0.15, 0.2) is 48.5 Å². The first-order chi connectivity index (χ1) is 13.7. The number of para-hydroxylation sites is 2. The summed E-state index contributed by atoms with van der Waals surface area (Å²) in [6, 6.07) is 16.1. The van der Waals surface area contributed by atoms with E-state index in [2.05, 4.69) is 17.0 Å². The summed E-state index contributed by atoms with van der Waals surface area (Å²) >= 11 is 0. The Balaban J connectivity index is 1.70. The number of fused-ring (bicyclic) bond motifs is 2. The van der Waals surface area contributed by atoms with E-state index in [0.717, 1.165) is 42.0 Å². The Bertz CT molecular complexity index is 833. The highest BCUT2D eigenvalue weighted by atomic mass is 16.5. The highest BCUT2D eigenvalue weighted by Gasteiger charge is 2.33. The maximum atomic E-state index is 13.6. The van der Waals surface area contributed by atoms with Crippen molar-refractivity contribution >= 4 is 17.4 Å². The van der Waals surface area contributed by atoms with Gasteiger partial charge in [0.25, 0.3) is 0 Å². The Morgan fingerprint density at radius 2 is 1.71 bits per heavy atom.